The Labute approximate surface area is 108 Å². The Morgan fingerprint density at radius 1 is 1.33 bits per heavy atom. The third kappa shape index (κ3) is 2.92. The second-order valence-corrected chi connectivity index (χ2v) is 4.35. The molecular weight excluding hydrogens is 250 g/mol. The Kier molecular flexibility index (Phi) is 3.69. The summed E-state index contributed by atoms with van der Waals surface area (Å²) in [5.41, 5.74) is 8.37. The van der Waals surface area contributed by atoms with E-state index >= 15 is 0 Å². The first-order valence-corrected chi connectivity index (χ1v) is 6.17. The number of para-hydroxylation sites is 1. The van der Waals surface area contributed by atoms with Crippen LogP contribution in [0.2, 0.25) is 0 Å². The van der Waals surface area contributed by atoms with Crippen LogP contribution in [0.5, 0.6) is 0 Å². The number of primary amides is 1. The van der Waals surface area contributed by atoms with Crippen molar-refractivity contribution in [3.05, 3.63) is 46.4 Å². The Balaban J connectivity index is 2.18. The summed E-state index contributed by atoms with van der Waals surface area (Å²) in [6, 6.07) is 7.04. The van der Waals surface area contributed by atoms with Crippen LogP contribution in [0.1, 0.15) is 16.1 Å². The van der Waals surface area contributed by atoms with Gasteiger partial charge in [-0.2, -0.15) is 0 Å². The van der Waals surface area contributed by atoms with Crippen LogP contribution in [-0.2, 0) is 11.2 Å². The average molecular weight is 261 g/mol. The maximum absolute atomic E-state index is 11.8. The second-order valence-electron chi connectivity index (χ2n) is 3.63. The van der Waals surface area contributed by atoms with E-state index in [4.69, 9.17) is 5.73 Å². The van der Waals surface area contributed by atoms with E-state index in [2.05, 4.69) is 10.3 Å². The molecule has 18 heavy (non-hydrogen) atoms. The molecule has 0 spiro atoms. The van der Waals surface area contributed by atoms with Gasteiger partial charge in [-0.15, -0.1) is 11.3 Å². The predicted octanol–water partition coefficient (Wildman–Crippen LogP) is 1.42. The van der Waals surface area contributed by atoms with Crippen LogP contribution in [0.15, 0.2) is 35.2 Å². The molecule has 0 saturated carbocycles. The molecule has 2 amide bonds. The molecule has 0 radical (unpaired) electrons. The summed E-state index contributed by atoms with van der Waals surface area (Å²) >= 11 is 1.35. The zero-order valence-electron chi connectivity index (χ0n) is 9.42. The molecule has 3 N–H and O–H groups in total. The molecular formula is C12H11N3O2S. The molecule has 2 aromatic rings. The SMILES string of the molecule is NC(=O)Cc1ccccc1NC(=O)c1cscn1. The molecule has 5 nitrogen and oxygen atoms in total. The molecule has 2 rings (SSSR count). The topological polar surface area (TPSA) is 85.1 Å². The number of thiazole rings is 1. The largest absolute Gasteiger partial charge is 0.369 e. The van der Waals surface area contributed by atoms with Crippen molar-refractivity contribution < 1.29 is 9.59 Å². The molecule has 0 atom stereocenters. The fourth-order valence-corrected chi connectivity index (χ4v) is 2.03. The normalized spacial score (nSPS) is 10.0. The van der Waals surface area contributed by atoms with Crippen molar-refractivity contribution in [1.82, 2.24) is 4.98 Å². The first kappa shape index (κ1) is 12.3. The van der Waals surface area contributed by atoms with E-state index in [-0.39, 0.29) is 12.3 Å². The lowest BCUT2D eigenvalue weighted by atomic mass is 10.1. The molecule has 1 heterocycles. The molecule has 92 valence electrons. The fourth-order valence-electron chi connectivity index (χ4n) is 1.50. The fraction of sp³-hybridized carbons (Fsp3) is 0.0833. The second kappa shape index (κ2) is 5.42. The van der Waals surface area contributed by atoms with Gasteiger partial charge in [-0.3, -0.25) is 9.59 Å². The maximum Gasteiger partial charge on any atom is 0.275 e. The minimum Gasteiger partial charge on any atom is -0.369 e. The molecule has 0 saturated heterocycles. The summed E-state index contributed by atoms with van der Waals surface area (Å²) < 4.78 is 0. The highest BCUT2D eigenvalue weighted by Crippen LogP contribution is 2.16. The number of nitrogens with one attached hydrogen (secondary N) is 1. The number of nitrogens with zero attached hydrogens (tertiary/aromatic N) is 1. The van der Waals surface area contributed by atoms with Crippen molar-refractivity contribution in [3.8, 4) is 0 Å². The van der Waals surface area contributed by atoms with E-state index in [1.54, 1.807) is 35.2 Å². The number of hydrogen-bond donors (Lipinski definition) is 2. The minimum atomic E-state index is -0.439. The third-order valence-corrected chi connectivity index (χ3v) is 2.88. The van der Waals surface area contributed by atoms with E-state index in [0.29, 0.717) is 16.9 Å². The summed E-state index contributed by atoms with van der Waals surface area (Å²) in [7, 11) is 0. The van der Waals surface area contributed by atoms with Crippen LogP contribution < -0.4 is 11.1 Å². The number of rotatable bonds is 4. The first-order valence-electron chi connectivity index (χ1n) is 5.22. The smallest absolute Gasteiger partial charge is 0.275 e. The molecule has 0 fully saturated rings. The molecule has 0 bridgehead atoms. The van der Waals surface area contributed by atoms with Crippen molar-refractivity contribution in [2.75, 3.05) is 5.32 Å². The number of aromatic nitrogens is 1. The molecule has 0 unspecified atom stereocenters. The molecule has 0 aliphatic carbocycles. The third-order valence-electron chi connectivity index (χ3n) is 2.30. The van der Waals surface area contributed by atoms with Crippen molar-refractivity contribution >= 4 is 28.8 Å². The first-order chi connectivity index (χ1) is 8.66. The van der Waals surface area contributed by atoms with Crippen LogP contribution in [0.25, 0.3) is 0 Å². The van der Waals surface area contributed by atoms with Crippen LogP contribution in [-0.4, -0.2) is 16.8 Å². The lowest BCUT2D eigenvalue weighted by Gasteiger charge is -2.08. The van der Waals surface area contributed by atoms with Gasteiger partial charge in [0.15, 0.2) is 0 Å². The Morgan fingerprint density at radius 2 is 2.11 bits per heavy atom. The number of anilines is 1. The number of nitrogens with two attached hydrogens (primary N) is 1. The molecule has 1 aromatic carbocycles. The van der Waals surface area contributed by atoms with Crippen LogP contribution in [0.3, 0.4) is 0 Å². The summed E-state index contributed by atoms with van der Waals surface area (Å²) in [6.07, 6.45) is 0.0908. The van der Waals surface area contributed by atoms with Gasteiger partial charge in [0.05, 0.1) is 11.9 Å². The van der Waals surface area contributed by atoms with E-state index in [1.165, 1.54) is 11.3 Å². The molecule has 0 aliphatic rings. The van der Waals surface area contributed by atoms with Crippen molar-refractivity contribution in [3.63, 3.8) is 0 Å². The molecule has 6 heteroatoms. The van der Waals surface area contributed by atoms with Crippen LogP contribution in [0, 0.1) is 0 Å². The lowest BCUT2D eigenvalue weighted by Crippen LogP contribution is -2.17. The van der Waals surface area contributed by atoms with Crippen molar-refractivity contribution in [2.45, 2.75) is 6.42 Å². The highest BCUT2D eigenvalue weighted by molar-refractivity contribution is 7.07. The highest BCUT2D eigenvalue weighted by atomic mass is 32.1. The predicted molar refractivity (Wildman–Crippen MR) is 69.4 cm³/mol. The minimum absolute atomic E-state index is 0.0908. The van der Waals surface area contributed by atoms with Gasteiger partial charge in [0.1, 0.15) is 5.69 Å². The zero-order valence-corrected chi connectivity index (χ0v) is 10.2. The van der Waals surface area contributed by atoms with Gasteiger partial charge in [0.25, 0.3) is 5.91 Å². The van der Waals surface area contributed by atoms with Crippen molar-refractivity contribution in [2.24, 2.45) is 5.73 Å². The van der Waals surface area contributed by atoms with E-state index in [1.807, 2.05) is 0 Å². The van der Waals surface area contributed by atoms with Gasteiger partial charge in [0, 0.05) is 11.1 Å². The quantitative estimate of drug-likeness (QED) is 0.872. The standard InChI is InChI=1S/C12H11N3O2S/c13-11(16)5-8-3-1-2-4-9(8)15-12(17)10-6-18-7-14-10/h1-4,6-7H,5H2,(H2,13,16)(H,15,17). The van der Waals surface area contributed by atoms with Crippen LogP contribution >= 0.6 is 11.3 Å². The zero-order chi connectivity index (χ0) is 13.0. The Morgan fingerprint density at radius 3 is 2.78 bits per heavy atom. The van der Waals surface area contributed by atoms with Crippen molar-refractivity contribution in [1.29, 1.82) is 0 Å². The number of amides is 2. The Bertz CT molecular complexity index is 566. The van der Waals surface area contributed by atoms with E-state index < -0.39 is 5.91 Å². The number of hydrogen-bond acceptors (Lipinski definition) is 4. The Hall–Kier alpha value is -2.21. The van der Waals surface area contributed by atoms with Gasteiger partial charge < -0.3 is 11.1 Å². The van der Waals surface area contributed by atoms with Gasteiger partial charge in [-0.05, 0) is 11.6 Å². The molecule has 0 aliphatic heterocycles. The highest BCUT2D eigenvalue weighted by Gasteiger charge is 2.11. The summed E-state index contributed by atoms with van der Waals surface area (Å²) in [4.78, 5) is 26.7. The van der Waals surface area contributed by atoms with E-state index in [0.717, 1.165) is 0 Å². The number of carbonyl (C=O) groups excluding carboxylic acids is 2. The van der Waals surface area contributed by atoms with Gasteiger partial charge >= 0.3 is 0 Å². The summed E-state index contributed by atoms with van der Waals surface area (Å²) in [6.45, 7) is 0. The van der Waals surface area contributed by atoms with Gasteiger partial charge in [-0.25, -0.2) is 4.98 Å². The van der Waals surface area contributed by atoms with Gasteiger partial charge in [-0.1, -0.05) is 18.2 Å². The summed E-state index contributed by atoms with van der Waals surface area (Å²) in [5.74, 6) is -0.737. The lowest BCUT2D eigenvalue weighted by molar-refractivity contribution is -0.117. The monoisotopic (exact) mass is 261 g/mol. The average Bonchev–Trinajstić information content (AvgIpc) is 2.84. The number of benzene rings is 1. The molecule has 1 aromatic heterocycles. The van der Waals surface area contributed by atoms with Gasteiger partial charge in [0.2, 0.25) is 5.91 Å². The summed E-state index contributed by atoms with van der Waals surface area (Å²) in [5, 5.41) is 4.37. The van der Waals surface area contributed by atoms with E-state index in [9.17, 15) is 9.59 Å². The van der Waals surface area contributed by atoms with Crippen LogP contribution in [0.4, 0.5) is 5.69 Å². The number of carbonyl (C=O) groups is 2. The maximum atomic E-state index is 11.8.